The zero-order valence-electron chi connectivity index (χ0n) is 15.5. The van der Waals surface area contributed by atoms with Crippen LogP contribution in [0.3, 0.4) is 0 Å². The molecule has 0 aromatic heterocycles. The van der Waals surface area contributed by atoms with Crippen molar-refractivity contribution < 1.29 is 14.4 Å². The maximum Gasteiger partial charge on any atom is 0.233 e. The molecule has 2 aliphatic carbocycles. The molecule has 0 aromatic carbocycles. The minimum Gasteiger partial charge on any atom is -0.355 e. The average Bonchev–Trinajstić information content (AvgIpc) is 3.39. The Bertz CT molecular complexity index is 504. The molecule has 6 nitrogen and oxygen atoms in total. The van der Waals surface area contributed by atoms with Gasteiger partial charge in [0.2, 0.25) is 17.7 Å². The Kier molecular flexibility index (Phi) is 5.77. The lowest BCUT2D eigenvalue weighted by molar-refractivity contribution is -0.140. The van der Waals surface area contributed by atoms with E-state index in [0.717, 1.165) is 32.2 Å². The summed E-state index contributed by atoms with van der Waals surface area (Å²) in [6.45, 7) is 6.09. The van der Waals surface area contributed by atoms with Gasteiger partial charge in [0, 0.05) is 38.1 Å². The monoisotopic (exact) mass is 349 g/mol. The van der Waals surface area contributed by atoms with Crippen molar-refractivity contribution in [2.45, 2.75) is 70.9 Å². The van der Waals surface area contributed by atoms with E-state index in [0.29, 0.717) is 18.6 Å². The molecule has 25 heavy (non-hydrogen) atoms. The van der Waals surface area contributed by atoms with Crippen molar-refractivity contribution in [2.75, 3.05) is 19.6 Å². The summed E-state index contributed by atoms with van der Waals surface area (Å²) in [5.74, 6) is -0.427. The van der Waals surface area contributed by atoms with Crippen LogP contribution in [0.2, 0.25) is 0 Å². The maximum atomic E-state index is 12.4. The molecule has 3 aliphatic rings. The average molecular weight is 349 g/mol. The van der Waals surface area contributed by atoms with E-state index in [2.05, 4.69) is 24.1 Å². The van der Waals surface area contributed by atoms with Crippen LogP contribution in [-0.2, 0) is 14.4 Å². The van der Waals surface area contributed by atoms with Crippen molar-refractivity contribution >= 4 is 17.7 Å². The van der Waals surface area contributed by atoms with Crippen molar-refractivity contribution in [1.82, 2.24) is 15.1 Å². The summed E-state index contributed by atoms with van der Waals surface area (Å²) >= 11 is 0. The highest BCUT2D eigenvalue weighted by atomic mass is 16.2. The zero-order chi connectivity index (χ0) is 18.0. The van der Waals surface area contributed by atoms with Crippen LogP contribution in [0.15, 0.2) is 0 Å². The molecule has 140 valence electrons. The minimum atomic E-state index is -0.123. The van der Waals surface area contributed by atoms with Gasteiger partial charge in [0.1, 0.15) is 0 Å². The first-order chi connectivity index (χ1) is 12.0. The van der Waals surface area contributed by atoms with E-state index >= 15 is 0 Å². The molecule has 0 radical (unpaired) electrons. The number of fused-ring (bicyclic) bond motifs is 1. The normalized spacial score (nSPS) is 26.5. The standard InChI is InChI=1S/C19H31N3O3/c1-13(2)21(14-7-8-14)12-10-20-17(23)9-11-22-18(24)15-5-3-4-6-16(15)19(22)25/h13-16H,3-12H2,1-2H3,(H,20,23)/t15-,16+. The number of nitrogens with one attached hydrogen (secondary N) is 1. The summed E-state index contributed by atoms with van der Waals surface area (Å²) in [5, 5.41) is 2.94. The second-order valence-corrected chi connectivity index (χ2v) is 7.99. The van der Waals surface area contributed by atoms with Gasteiger partial charge >= 0.3 is 0 Å². The van der Waals surface area contributed by atoms with Gasteiger partial charge < -0.3 is 5.32 Å². The molecule has 1 N–H and O–H groups in total. The molecular weight excluding hydrogens is 318 g/mol. The van der Waals surface area contributed by atoms with E-state index in [-0.39, 0.29) is 42.5 Å². The van der Waals surface area contributed by atoms with Crippen molar-refractivity contribution in [3.8, 4) is 0 Å². The number of nitrogens with zero attached hydrogens (tertiary/aromatic N) is 2. The fraction of sp³-hybridized carbons (Fsp3) is 0.842. The van der Waals surface area contributed by atoms with E-state index in [1.54, 1.807) is 0 Å². The summed E-state index contributed by atoms with van der Waals surface area (Å²) in [7, 11) is 0. The largest absolute Gasteiger partial charge is 0.355 e. The molecular formula is C19H31N3O3. The number of likely N-dealkylation sites (tertiary alicyclic amines) is 1. The highest BCUT2D eigenvalue weighted by Crippen LogP contribution is 2.37. The SMILES string of the molecule is CC(C)N(CCNC(=O)CCN1C(=O)[C@H]2CCCC[C@H]2C1=O)C1CC1. The Labute approximate surface area is 150 Å². The lowest BCUT2D eigenvalue weighted by Crippen LogP contribution is -2.41. The third-order valence-corrected chi connectivity index (χ3v) is 5.87. The molecule has 1 saturated heterocycles. The number of hydrogen-bond acceptors (Lipinski definition) is 4. The molecule has 1 aliphatic heterocycles. The van der Waals surface area contributed by atoms with Crippen LogP contribution in [0.4, 0.5) is 0 Å². The fourth-order valence-corrected chi connectivity index (χ4v) is 4.35. The van der Waals surface area contributed by atoms with Crippen molar-refractivity contribution in [3.05, 3.63) is 0 Å². The van der Waals surface area contributed by atoms with Crippen LogP contribution in [0.1, 0.15) is 58.8 Å². The molecule has 3 amide bonds. The quantitative estimate of drug-likeness (QED) is 0.675. The van der Waals surface area contributed by atoms with Gasteiger partial charge in [0.05, 0.1) is 11.8 Å². The maximum absolute atomic E-state index is 12.4. The fourth-order valence-electron chi connectivity index (χ4n) is 4.35. The molecule has 1 heterocycles. The zero-order valence-corrected chi connectivity index (χ0v) is 15.5. The Morgan fingerprint density at radius 2 is 1.72 bits per heavy atom. The van der Waals surface area contributed by atoms with E-state index in [4.69, 9.17) is 0 Å². The van der Waals surface area contributed by atoms with Crippen molar-refractivity contribution in [3.63, 3.8) is 0 Å². The van der Waals surface area contributed by atoms with Gasteiger partial charge in [0.25, 0.3) is 0 Å². The summed E-state index contributed by atoms with van der Waals surface area (Å²) < 4.78 is 0. The number of carbonyl (C=O) groups is 3. The van der Waals surface area contributed by atoms with Gasteiger partial charge in [-0.15, -0.1) is 0 Å². The van der Waals surface area contributed by atoms with Gasteiger partial charge in [-0.3, -0.25) is 24.2 Å². The lowest BCUT2D eigenvalue weighted by Gasteiger charge is -2.26. The number of imide groups is 1. The highest BCUT2D eigenvalue weighted by Gasteiger charge is 2.47. The van der Waals surface area contributed by atoms with E-state index < -0.39 is 0 Å². The van der Waals surface area contributed by atoms with Crippen LogP contribution in [0.5, 0.6) is 0 Å². The third kappa shape index (κ3) is 4.22. The van der Waals surface area contributed by atoms with E-state index in [1.807, 2.05) is 0 Å². The second-order valence-electron chi connectivity index (χ2n) is 7.99. The molecule has 2 saturated carbocycles. The topological polar surface area (TPSA) is 69.7 Å². The first-order valence-corrected chi connectivity index (χ1v) is 9.86. The first kappa shape index (κ1) is 18.4. The molecule has 0 aromatic rings. The molecule has 0 bridgehead atoms. The predicted molar refractivity (Wildman–Crippen MR) is 94.7 cm³/mol. The van der Waals surface area contributed by atoms with E-state index in [1.165, 1.54) is 17.7 Å². The highest BCUT2D eigenvalue weighted by molar-refractivity contribution is 6.05. The third-order valence-electron chi connectivity index (χ3n) is 5.87. The summed E-state index contributed by atoms with van der Waals surface area (Å²) in [5.41, 5.74) is 0. The summed E-state index contributed by atoms with van der Waals surface area (Å²) in [6, 6.07) is 1.17. The van der Waals surface area contributed by atoms with Gasteiger partial charge in [-0.05, 0) is 39.5 Å². The first-order valence-electron chi connectivity index (χ1n) is 9.86. The molecule has 0 spiro atoms. The van der Waals surface area contributed by atoms with Crippen LogP contribution in [-0.4, -0.2) is 59.2 Å². The number of hydrogen-bond donors (Lipinski definition) is 1. The molecule has 0 unspecified atom stereocenters. The van der Waals surface area contributed by atoms with Gasteiger partial charge in [-0.25, -0.2) is 0 Å². The van der Waals surface area contributed by atoms with Gasteiger partial charge in [0.15, 0.2) is 0 Å². The lowest BCUT2D eigenvalue weighted by atomic mass is 9.81. The van der Waals surface area contributed by atoms with Gasteiger partial charge in [-0.2, -0.15) is 0 Å². The van der Waals surface area contributed by atoms with Crippen LogP contribution < -0.4 is 5.32 Å². The summed E-state index contributed by atoms with van der Waals surface area (Å²) in [4.78, 5) is 40.6. The van der Waals surface area contributed by atoms with Gasteiger partial charge in [-0.1, -0.05) is 12.8 Å². The van der Waals surface area contributed by atoms with Crippen LogP contribution in [0, 0.1) is 11.8 Å². The Balaban J connectivity index is 1.40. The molecule has 3 rings (SSSR count). The second kappa shape index (κ2) is 7.85. The molecule has 2 atom stereocenters. The Morgan fingerprint density at radius 1 is 1.12 bits per heavy atom. The summed E-state index contributed by atoms with van der Waals surface area (Å²) in [6.07, 6.45) is 6.43. The number of amides is 3. The van der Waals surface area contributed by atoms with Crippen LogP contribution in [0.25, 0.3) is 0 Å². The Morgan fingerprint density at radius 3 is 2.24 bits per heavy atom. The van der Waals surface area contributed by atoms with Crippen molar-refractivity contribution in [2.24, 2.45) is 11.8 Å². The molecule has 6 heteroatoms. The Hall–Kier alpha value is -1.43. The van der Waals surface area contributed by atoms with Crippen LogP contribution >= 0.6 is 0 Å². The smallest absolute Gasteiger partial charge is 0.233 e. The number of rotatable bonds is 8. The molecule has 3 fully saturated rings. The predicted octanol–water partition coefficient (Wildman–Crippen LogP) is 1.54. The number of carbonyl (C=O) groups excluding carboxylic acids is 3. The van der Waals surface area contributed by atoms with E-state index in [9.17, 15) is 14.4 Å². The minimum absolute atomic E-state index is 0.0535. The van der Waals surface area contributed by atoms with Crippen molar-refractivity contribution in [1.29, 1.82) is 0 Å².